The Balaban J connectivity index is 1.69. The molecule has 184 valence electrons. The lowest BCUT2D eigenvalue weighted by Crippen LogP contribution is -2.48. The summed E-state index contributed by atoms with van der Waals surface area (Å²) in [5.74, 6) is -0.415. The van der Waals surface area contributed by atoms with E-state index in [1.54, 1.807) is 6.07 Å². The van der Waals surface area contributed by atoms with Crippen LogP contribution in [0.2, 0.25) is 0 Å². The van der Waals surface area contributed by atoms with Crippen molar-refractivity contribution in [3.8, 4) is 0 Å². The Morgan fingerprint density at radius 1 is 1.15 bits per heavy atom. The normalized spacial score (nSPS) is 22.7. The zero-order chi connectivity index (χ0) is 24.2. The molecule has 0 spiro atoms. The maximum Gasteiger partial charge on any atom is 0.256 e. The molecule has 0 unspecified atom stereocenters. The van der Waals surface area contributed by atoms with Crippen LogP contribution in [-0.2, 0) is 4.79 Å². The lowest BCUT2D eigenvalue weighted by molar-refractivity contribution is -0.110. The first-order valence-electron chi connectivity index (χ1n) is 12.8. The van der Waals surface area contributed by atoms with Gasteiger partial charge in [-0.05, 0) is 80.0 Å². The smallest absolute Gasteiger partial charge is 0.256 e. The van der Waals surface area contributed by atoms with Crippen LogP contribution < -0.4 is 11.1 Å². The molecule has 4 rings (SSSR count). The number of fused-ring (bicyclic) bond motifs is 1. The highest BCUT2D eigenvalue weighted by molar-refractivity contribution is 6.32. The van der Waals surface area contributed by atoms with Crippen molar-refractivity contribution in [3.05, 3.63) is 57.4 Å². The Morgan fingerprint density at radius 2 is 1.88 bits per heavy atom. The Bertz CT molecular complexity index is 1030. The summed E-state index contributed by atoms with van der Waals surface area (Å²) in [6.07, 6.45) is 5.10. The Labute approximate surface area is 203 Å². The fourth-order valence-corrected chi connectivity index (χ4v) is 5.72. The first kappa shape index (κ1) is 24.8. The number of halogens is 1. The SMILES string of the molecule is CCC/C(C)=C(/CN1CCN(CCN)CC1)C1=C(C)/C(=C2\C(=O)Nc3ccc(F)cc32)CCC1. The van der Waals surface area contributed by atoms with Gasteiger partial charge in [-0.25, -0.2) is 4.39 Å². The van der Waals surface area contributed by atoms with Crippen molar-refractivity contribution in [1.82, 2.24) is 9.80 Å². The van der Waals surface area contributed by atoms with Crippen molar-refractivity contribution in [2.45, 2.75) is 52.9 Å². The molecule has 5 nitrogen and oxygen atoms in total. The Hall–Kier alpha value is -2.28. The summed E-state index contributed by atoms with van der Waals surface area (Å²) >= 11 is 0. The van der Waals surface area contributed by atoms with Gasteiger partial charge in [0.25, 0.3) is 5.91 Å². The Kier molecular flexibility index (Phi) is 8.02. The van der Waals surface area contributed by atoms with E-state index >= 15 is 0 Å². The second-order valence-electron chi connectivity index (χ2n) is 9.87. The maximum atomic E-state index is 14.1. The molecule has 0 bridgehead atoms. The second-order valence-corrected chi connectivity index (χ2v) is 9.87. The zero-order valence-corrected chi connectivity index (χ0v) is 21.0. The summed E-state index contributed by atoms with van der Waals surface area (Å²) < 4.78 is 14.1. The van der Waals surface area contributed by atoms with E-state index in [2.05, 4.69) is 35.9 Å². The topological polar surface area (TPSA) is 61.6 Å². The number of piperazine rings is 1. The van der Waals surface area contributed by atoms with Gasteiger partial charge in [0.1, 0.15) is 5.82 Å². The lowest BCUT2D eigenvalue weighted by Gasteiger charge is -2.36. The van der Waals surface area contributed by atoms with Crippen LogP contribution in [0.25, 0.3) is 5.57 Å². The molecule has 1 fully saturated rings. The molecule has 3 aliphatic rings. The van der Waals surface area contributed by atoms with E-state index in [0.29, 0.717) is 23.4 Å². The van der Waals surface area contributed by atoms with Gasteiger partial charge in [-0.3, -0.25) is 14.6 Å². The minimum Gasteiger partial charge on any atom is -0.329 e. The van der Waals surface area contributed by atoms with Crippen LogP contribution in [0.5, 0.6) is 0 Å². The van der Waals surface area contributed by atoms with Gasteiger partial charge < -0.3 is 11.1 Å². The number of nitrogens with zero attached hydrogens (tertiary/aromatic N) is 2. The van der Waals surface area contributed by atoms with Crippen molar-refractivity contribution in [1.29, 1.82) is 0 Å². The minimum absolute atomic E-state index is 0.108. The summed E-state index contributed by atoms with van der Waals surface area (Å²) in [6.45, 7) is 13.5. The molecule has 0 aromatic heterocycles. The number of carbonyl (C=O) groups is 1. The van der Waals surface area contributed by atoms with Gasteiger partial charge in [0.15, 0.2) is 0 Å². The first-order valence-corrected chi connectivity index (χ1v) is 12.8. The standard InChI is InChI=1S/C28H39FN4O/c1-4-6-19(2)25(18-33-15-13-32(12-11-30)14-16-33)22-7-5-8-23(20(22)3)27-24-17-21(29)9-10-26(24)31-28(27)34/h9-10,17H,4-8,11-16,18,30H2,1-3H3,(H,31,34)/b25-19-,27-23-. The minimum atomic E-state index is -0.306. The quantitative estimate of drug-likeness (QED) is 0.571. The number of nitrogens with one attached hydrogen (secondary N) is 1. The van der Waals surface area contributed by atoms with E-state index in [-0.39, 0.29) is 11.7 Å². The molecule has 6 heteroatoms. The van der Waals surface area contributed by atoms with Crippen LogP contribution in [0.3, 0.4) is 0 Å². The molecular weight excluding hydrogens is 427 g/mol. The maximum absolute atomic E-state index is 14.1. The van der Waals surface area contributed by atoms with Crippen LogP contribution in [-0.4, -0.2) is 61.5 Å². The monoisotopic (exact) mass is 466 g/mol. The number of benzene rings is 1. The van der Waals surface area contributed by atoms with E-state index in [1.807, 2.05) is 0 Å². The molecule has 0 radical (unpaired) electrons. The largest absolute Gasteiger partial charge is 0.329 e. The lowest BCUT2D eigenvalue weighted by atomic mass is 9.79. The number of allylic oxidation sites excluding steroid dienone is 3. The van der Waals surface area contributed by atoms with Gasteiger partial charge in [0.05, 0.1) is 5.57 Å². The number of hydrogen-bond acceptors (Lipinski definition) is 4. The zero-order valence-electron chi connectivity index (χ0n) is 21.0. The van der Waals surface area contributed by atoms with Gasteiger partial charge in [-0.15, -0.1) is 0 Å². The Morgan fingerprint density at radius 3 is 2.59 bits per heavy atom. The molecule has 0 saturated carbocycles. The van der Waals surface area contributed by atoms with Crippen molar-refractivity contribution >= 4 is 17.2 Å². The highest BCUT2D eigenvalue weighted by Gasteiger charge is 2.31. The van der Waals surface area contributed by atoms with Gasteiger partial charge in [0, 0.05) is 57.1 Å². The molecule has 34 heavy (non-hydrogen) atoms. The van der Waals surface area contributed by atoms with Gasteiger partial charge in [0.2, 0.25) is 0 Å². The predicted molar refractivity (Wildman–Crippen MR) is 138 cm³/mol. The van der Waals surface area contributed by atoms with Crippen LogP contribution in [0.15, 0.2) is 46.1 Å². The van der Waals surface area contributed by atoms with E-state index in [9.17, 15) is 9.18 Å². The molecule has 1 aliphatic carbocycles. The molecule has 2 heterocycles. The molecule has 3 N–H and O–H groups in total. The number of hydrogen-bond donors (Lipinski definition) is 2. The summed E-state index contributed by atoms with van der Waals surface area (Å²) in [7, 11) is 0. The molecule has 1 amide bonds. The number of rotatable bonds is 7. The highest BCUT2D eigenvalue weighted by Crippen LogP contribution is 2.43. The van der Waals surface area contributed by atoms with Gasteiger partial charge >= 0.3 is 0 Å². The average Bonchev–Trinajstić information content (AvgIpc) is 3.14. The predicted octanol–water partition coefficient (Wildman–Crippen LogP) is 4.72. The average molecular weight is 467 g/mol. The third-order valence-corrected chi connectivity index (χ3v) is 7.58. The molecule has 0 atom stereocenters. The molecule has 1 saturated heterocycles. The van der Waals surface area contributed by atoms with Crippen molar-refractivity contribution in [2.24, 2.45) is 5.73 Å². The molecule has 1 aromatic rings. The molecular formula is C28H39FN4O. The van der Waals surface area contributed by atoms with Gasteiger partial charge in [-0.2, -0.15) is 0 Å². The molecule has 1 aromatic carbocycles. The number of nitrogens with two attached hydrogens (primary N) is 1. The van der Waals surface area contributed by atoms with E-state index < -0.39 is 0 Å². The van der Waals surface area contributed by atoms with E-state index in [4.69, 9.17) is 5.73 Å². The highest BCUT2D eigenvalue weighted by atomic mass is 19.1. The van der Waals surface area contributed by atoms with Crippen LogP contribution in [0.4, 0.5) is 10.1 Å². The first-order chi connectivity index (χ1) is 16.4. The fourth-order valence-electron chi connectivity index (χ4n) is 5.72. The van der Waals surface area contributed by atoms with Crippen molar-refractivity contribution in [3.63, 3.8) is 0 Å². The third-order valence-electron chi connectivity index (χ3n) is 7.58. The third kappa shape index (κ3) is 5.19. The number of amides is 1. The summed E-state index contributed by atoms with van der Waals surface area (Å²) in [6, 6.07) is 4.57. The number of carbonyl (C=O) groups excluding carboxylic acids is 1. The van der Waals surface area contributed by atoms with Crippen LogP contribution >= 0.6 is 0 Å². The van der Waals surface area contributed by atoms with E-state index in [1.165, 1.54) is 34.4 Å². The summed E-state index contributed by atoms with van der Waals surface area (Å²) in [5, 5.41) is 2.94. The second kappa shape index (κ2) is 11.0. The van der Waals surface area contributed by atoms with Gasteiger partial charge in [-0.1, -0.05) is 18.9 Å². The van der Waals surface area contributed by atoms with Crippen LogP contribution in [0, 0.1) is 5.82 Å². The summed E-state index contributed by atoms with van der Waals surface area (Å²) in [5.41, 5.74) is 14.4. The van der Waals surface area contributed by atoms with Crippen molar-refractivity contribution in [2.75, 3.05) is 51.1 Å². The fraction of sp³-hybridized carbons (Fsp3) is 0.536. The van der Waals surface area contributed by atoms with Crippen LogP contribution in [0.1, 0.15) is 58.4 Å². The van der Waals surface area contributed by atoms with E-state index in [0.717, 1.165) is 76.9 Å². The summed E-state index contributed by atoms with van der Waals surface area (Å²) in [4.78, 5) is 18.0. The number of anilines is 1. The van der Waals surface area contributed by atoms with Crippen molar-refractivity contribution < 1.29 is 9.18 Å². The molecule has 2 aliphatic heterocycles.